The number of carbonyl (C=O) groups excluding carboxylic acids is 1. The second kappa shape index (κ2) is 8.39. The summed E-state index contributed by atoms with van der Waals surface area (Å²) in [5, 5.41) is 20.9. The van der Waals surface area contributed by atoms with Gasteiger partial charge in [-0.1, -0.05) is 44.4 Å². The normalized spacial score (nSPS) is 38.0. The lowest BCUT2D eigenvalue weighted by Crippen LogP contribution is -2.46. The summed E-state index contributed by atoms with van der Waals surface area (Å²) < 4.78 is 4.79. The van der Waals surface area contributed by atoms with Crippen LogP contribution in [-0.4, -0.2) is 28.6 Å². The van der Waals surface area contributed by atoms with Crippen LogP contribution in [-0.2, 0) is 9.53 Å². The highest BCUT2D eigenvalue weighted by molar-refractivity contribution is 5.85. The molecule has 1 fully saturated rings. The first-order chi connectivity index (χ1) is 13.6. The Morgan fingerprint density at radius 2 is 2.14 bits per heavy atom. The topological polar surface area (TPSA) is 66.8 Å². The highest BCUT2D eigenvalue weighted by Gasteiger charge is 2.50. The Balaban J connectivity index is 1.81. The molecule has 0 radical (unpaired) electrons. The van der Waals surface area contributed by atoms with Crippen LogP contribution >= 0.6 is 0 Å². The fourth-order valence-electron chi connectivity index (χ4n) is 6.01. The molecular formula is C25H38O4. The molecule has 0 aromatic heterocycles. The van der Waals surface area contributed by atoms with Gasteiger partial charge < -0.3 is 14.9 Å². The van der Waals surface area contributed by atoms with E-state index in [-0.39, 0.29) is 10.8 Å². The number of carbonyl (C=O) groups is 1. The molecule has 29 heavy (non-hydrogen) atoms. The highest BCUT2D eigenvalue weighted by Crippen LogP contribution is 2.59. The summed E-state index contributed by atoms with van der Waals surface area (Å²) in [6.07, 6.45) is 10.1. The minimum atomic E-state index is -1.31. The Morgan fingerprint density at radius 3 is 2.76 bits per heavy atom. The second-order valence-corrected chi connectivity index (χ2v) is 10.3. The number of rotatable bonds is 7. The van der Waals surface area contributed by atoms with Crippen LogP contribution in [0.3, 0.4) is 0 Å². The van der Waals surface area contributed by atoms with Crippen molar-refractivity contribution in [2.45, 2.75) is 91.5 Å². The largest absolute Gasteiger partial charge is 0.429 e. The van der Waals surface area contributed by atoms with E-state index in [1.165, 1.54) is 37.3 Å². The van der Waals surface area contributed by atoms with Gasteiger partial charge >= 0.3 is 5.97 Å². The minimum Gasteiger partial charge on any atom is -0.429 e. The number of aliphatic hydroxyl groups excluding tert-OH is 2. The average molecular weight is 403 g/mol. The molecule has 0 unspecified atom stereocenters. The number of aliphatic hydroxyl groups is 2. The third-order valence-electron chi connectivity index (χ3n) is 8.05. The Hall–Kier alpha value is -1.39. The molecule has 1 saturated carbocycles. The average Bonchev–Trinajstić information content (AvgIpc) is 2.97. The lowest BCUT2D eigenvalue weighted by atomic mass is 9.50. The first-order valence-electron chi connectivity index (χ1n) is 11.2. The molecular weight excluding hydrogens is 364 g/mol. The molecule has 1 aliphatic heterocycles. The molecule has 4 nitrogen and oxygen atoms in total. The summed E-state index contributed by atoms with van der Waals surface area (Å²) in [5.74, 6) is 0.288. The molecule has 2 aliphatic carbocycles. The van der Waals surface area contributed by atoms with Crippen molar-refractivity contribution in [3.63, 3.8) is 0 Å². The van der Waals surface area contributed by atoms with Crippen molar-refractivity contribution in [3.05, 3.63) is 35.5 Å². The lowest BCUT2D eigenvalue weighted by Gasteiger charge is -2.54. The van der Waals surface area contributed by atoms with Crippen molar-refractivity contribution in [1.82, 2.24) is 0 Å². The van der Waals surface area contributed by atoms with E-state index >= 15 is 0 Å². The third-order valence-corrected chi connectivity index (χ3v) is 8.05. The van der Waals surface area contributed by atoms with E-state index in [1.807, 2.05) is 0 Å². The van der Waals surface area contributed by atoms with Gasteiger partial charge in [0, 0.05) is 11.6 Å². The maximum absolute atomic E-state index is 11.5. The zero-order valence-corrected chi connectivity index (χ0v) is 18.5. The highest BCUT2D eigenvalue weighted by atomic mass is 16.6. The van der Waals surface area contributed by atoms with E-state index in [2.05, 4.69) is 40.3 Å². The van der Waals surface area contributed by atoms with Gasteiger partial charge in [0.05, 0.1) is 6.10 Å². The van der Waals surface area contributed by atoms with Crippen LogP contribution in [0, 0.1) is 22.7 Å². The molecule has 4 heteroatoms. The number of hydrogen-bond donors (Lipinski definition) is 2. The van der Waals surface area contributed by atoms with Crippen molar-refractivity contribution in [1.29, 1.82) is 0 Å². The monoisotopic (exact) mass is 402 g/mol. The SMILES string of the molecule is C=C(C)CCC[C@@]1(C)CCC[C@H]2C1=CC[C@H](C)[C@@]2(C)C[C@@H](O)C1=CC(=O)O[C@@H]1O. The van der Waals surface area contributed by atoms with E-state index in [9.17, 15) is 15.0 Å². The molecule has 0 aromatic carbocycles. The Morgan fingerprint density at radius 1 is 1.41 bits per heavy atom. The van der Waals surface area contributed by atoms with Gasteiger partial charge in [-0.2, -0.15) is 0 Å². The fraction of sp³-hybridized carbons (Fsp3) is 0.720. The van der Waals surface area contributed by atoms with Gasteiger partial charge in [-0.25, -0.2) is 4.79 Å². The van der Waals surface area contributed by atoms with E-state index in [1.54, 1.807) is 5.57 Å². The second-order valence-electron chi connectivity index (χ2n) is 10.3. The molecule has 3 aliphatic rings. The first-order valence-corrected chi connectivity index (χ1v) is 11.2. The predicted octanol–water partition coefficient (Wildman–Crippen LogP) is 5.06. The molecule has 0 saturated heterocycles. The van der Waals surface area contributed by atoms with Crippen molar-refractivity contribution < 1.29 is 19.7 Å². The van der Waals surface area contributed by atoms with Crippen LogP contribution in [0.5, 0.6) is 0 Å². The van der Waals surface area contributed by atoms with Crippen LogP contribution < -0.4 is 0 Å². The van der Waals surface area contributed by atoms with Crippen molar-refractivity contribution in [3.8, 4) is 0 Å². The number of cyclic esters (lactones) is 1. The predicted molar refractivity (Wildman–Crippen MR) is 115 cm³/mol. The zero-order valence-electron chi connectivity index (χ0n) is 18.5. The Kier molecular flexibility index (Phi) is 6.45. The number of ether oxygens (including phenoxy) is 1. The minimum absolute atomic E-state index is 0.0776. The van der Waals surface area contributed by atoms with Gasteiger partial charge in [-0.3, -0.25) is 0 Å². The molecule has 3 rings (SSSR count). The fourth-order valence-corrected chi connectivity index (χ4v) is 6.01. The summed E-state index contributed by atoms with van der Waals surface area (Å²) in [6.45, 7) is 13.1. The zero-order chi connectivity index (χ0) is 21.4. The third kappa shape index (κ3) is 4.39. The van der Waals surface area contributed by atoms with E-state index in [4.69, 9.17) is 4.74 Å². The molecule has 0 aromatic rings. The van der Waals surface area contributed by atoms with E-state index < -0.39 is 18.4 Å². The molecule has 2 N–H and O–H groups in total. The number of hydrogen-bond acceptors (Lipinski definition) is 4. The lowest BCUT2D eigenvalue weighted by molar-refractivity contribution is -0.152. The van der Waals surface area contributed by atoms with E-state index in [0.29, 0.717) is 23.8 Å². The summed E-state index contributed by atoms with van der Waals surface area (Å²) in [4.78, 5) is 11.5. The van der Waals surface area contributed by atoms with Crippen LogP contribution in [0.4, 0.5) is 0 Å². The van der Waals surface area contributed by atoms with Gasteiger partial charge in [0.1, 0.15) is 0 Å². The van der Waals surface area contributed by atoms with Crippen LogP contribution in [0.15, 0.2) is 35.5 Å². The Labute approximate surface area is 175 Å². The molecule has 0 amide bonds. The smallest absolute Gasteiger partial charge is 0.333 e. The first kappa shape index (κ1) is 22.3. The quantitative estimate of drug-likeness (QED) is 0.461. The standard InChI is InChI=1S/C25H38O4/c1-16(2)8-6-12-24(4)13-7-9-20-19(24)11-10-17(3)25(20,5)15-21(26)18-14-22(27)29-23(18)28/h11,14,17,20-21,23,26,28H,1,6-10,12-13,15H2,2-5H3/t17-,20-,21+,23-,24-,25+/m0/s1. The molecule has 0 spiro atoms. The maximum Gasteiger partial charge on any atom is 0.333 e. The number of allylic oxidation sites excluding steroid dienone is 3. The molecule has 162 valence electrons. The van der Waals surface area contributed by atoms with Crippen LogP contribution in [0.25, 0.3) is 0 Å². The van der Waals surface area contributed by atoms with Crippen LogP contribution in [0.2, 0.25) is 0 Å². The summed E-state index contributed by atoms with van der Waals surface area (Å²) in [7, 11) is 0. The van der Waals surface area contributed by atoms with Crippen molar-refractivity contribution in [2.24, 2.45) is 22.7 Å². The summed E-state index contributed by atoms with van der Waals surface area (Å²) >= 11 is 0. The van der Waals surface area contributed by atoms with Crippen molar-refractivity contribution >= 4 is 5.97 Å². The number of esters is 1. The van der Waals surface area contributed by atoms with Gasteiger partial charge in [0.25, 0.3) is 0 Å². The van der Waals surface area contributed by atoms with Gasteiger partial charge in [-0.15, -0.1) is 6.58 Å². The van der Waals surface area contributed by atoms with E-state index in [0.717, 1.165) is 19.3 Å². The summed E-state index contributed by atoms with van der Waals surface area (Å²) in [5.41, 5.74) is 3.27. The summed E-state index contributed by atoms with van der Waals surface area (Å²) in [6, 6.07) is 0. The maximum atomic E-state index is 11.5. The Bertz CT molecular complexity index is 720. The van der Waals surface area contributed by atoms with Gasteiger partial charge in [0.15, 0.2) is 0 Å². The molecule has 0 bridgehead atoms. The number of fused-ring (bicyclic) bond motifs is 1. The van der Waals surface area contributed by atoms with Crippen LogP contribution in [0.1, 0.15) is 79.1 Å². The van der Waals surface area contributed by atoms with Gasteiger partial charge in [0.2, 0.25) is 6.29 Å². The van der Waals surface area contributed by atoms with Crippen molar-refractivity contribution in [2.75, 3.05) is 0 Å². The molecule has 1 heterocycles. The van der Waals surface area contributed by atoms with Gasteiger partial charge in [-0.05, 0) is 74.5 Å². The molecule has 6 atom stereocenters.